The van der Waals surface area contributed by atoms with Crippen molar-refractivity contribution in [2.75, 3.05) is 0 Å². The molecule has 0 saturated heterocycles. The van der Waals surface area contributed by atoms with E-state index in [4.69, 9.17) is 15.0 Å². The molecule has 0 aliphatic rings. The van der Waals surface area contributed by atoms with Gasteiger partial charge in [0.15, 0.2) is 17.5 Å². The molecule has 0 fully saturated rings. The zero-order valence-corrected chi connectivity index (χ0v) is 36.8. The fraction of sp³-hybridized carbons (Fsp3) is 0. The topological polar surface area (TPSA) is 48.5 Å². The van der Waals surface area contributed by atoms with Crippen molar-refractivity contribution in [1.82, 2.24) is 24.1 Å². The summed E-state index contributed by atoms with van der Waals surface area (Å²) >= 11 is 0. The van der Waals surface area contributed by atoms with Crippen LogP contribution < -0.4 is 0 Å². The minimum Gasteiger partial charge on any atom is -0.309 e. The van der Waals surface area contributed by atoms with Crippen LogP contribution >= 0.6 is 0 Å². The number of para-hydroxylation sites is 2. The number of aromatic nitrogens is 5. The van der Waals surface area contributed by atoms with Crippen LogP contribution in [0.5, 0.6) is 0 Å². The van der Waals surface area contributed by atoms with Crippen LogP contribution in [0.15, 0.2) is 237 Å². The van der Waals surface area contributed by atoms with Gasteiger partial charge in [-0.1, -0.05) is 194 Å². The first-order valence-electron chi connectivity index (χ1n) is 23.1. The van der Waals surface area contributed by atoms with Crippen molar-refractivity contribution in [2.24, 2.45) is 0 Å². The third-order valence-corrected chi connectivity index (χ3v) is 13.7. The highest BCUT2D eigenvalue weighted by Crippen LogP contribution is 2.45. The van der Waals surface area contributed by atoms with Crippen molar-refractivity contribution in [3.8, 4) is 56.7 Å². The van der Waals surface area contributed by atoms with Gasteiger partial charge in [-0.05, 0) is 75.1 Å². The van der Waals surface area contributed by atoms with Gasteiger partial charge >= 0.3 is 0 Å². The fourth-order valence-corrected chi connectivity index (χ4v) is 10.6. The molecule has 14 aromatic rings. The highest BCUT2D eigenvalue weighted by atomic mass is 15.0. The van der Waals surface area contributed by atoms with E-state index in [1.807, 2.05) is 24.3 Å². The van der Waals surface area contributed by atoms with Gasteiger partial charge in [0, 0.05) is 49.0 Å². The van der Waals surface area contributed by atoms with Crippen molar-refractivity contribution >= 4 is 75.9 Å². The van der Waals surface area contributed by atoms with E-state index in [1.54, 1.807) is 0 Å². The maximum absolute atomic E-state index is 5.24. The first-order chi connectivity index (χ1) is 33.7. The van der Waals surface area contributed by atoms with Crippen LogP contribution in [0.4, 0.5) is 0 Å². The zero-order chi connectivity index (χ0) is 44.7. The highest BCUT2D eigenvalue weighted by molar-refractivity contribution is 6.25. The Labute approximate surface area is 391 Å². The number of fused-ring (bicyclic) bond motifs is 10. The summed E-state index contributed by atoms with van der Waals surface area (Å²) in [7, 11) is 0. The Hall–Kier alpha value is -9.19. The van der Waals surface area contributed by atoms with Crippen molar-refractivity contribution < 1.29 is 0 Å². The molecule has 0 bridgehead atoms. The molecule has 3 heterocycles. The Morgan fingerprint density at radius 2 is 0.765 bits per heavy atom. The molecule has 0 spiro atoms. The Bertz CT molecular complexity index is 4320. The van der Waals surface area contributed by atoms with E-state index in [2.05, 4.69) is 221 Å². The smallest absolute Gasteiger partial charge is 0.164 e. The van der Waals surface area contributed by atoms with Crippen LogP contribution in [-0.2, 0) is 0 Å². The summed E-state index contributed by atoms with van der Waals surface area (Å²) in [5, 5.41) is 12.0. The standard InChI is InChI=1S/C63H39N5/c1-3-17-40(18-4-1)44-24-15-25-46(37-44)62-64-61(43-20-5-2-6-21-43)65-63(66-62)47-34-33-42-23-16-32-55(52(42)38-47)67-53-30-13-12-29-51(53)59-57(67)39-45-22-8-10-27-49(45)60(59)68-54-31-14-11-28-50(54)58-48-26-9-7-19-41(48)35-36-56(58)68/h1-39H. The lowest BCUT2D eigenvalue weighted by Gasteiger charge is -2.16. The summed E-state index contributed by atoms with van der Waals surface area (Å²) in [5.74, 6) is 1.87. The maximum Gasteiger partial charge on any atom is 0.164 e. The third kappa shape index (κ3) is 5.93. The van der Waals surface area contributed by atoms with E-state index in [1.165, 1.54) is 59.8 Å². The number of hydrogen-bond donors (Lipinski definition) is 0. The first-order valence-corrected chi connectivity index (χ1v) is 23.1. The van der Waals surface area contributed by atoms with Crippen LogP contribution in [0.2, 0.25) is 0 Å². The zero-order valence-electron chi connectivity index (χ0n) is 36.8. The minimum atomic E-state index is 0.616. The quantitative estimate of drug-likeness (QED) is 0.167. The molecule has 0 aliphatic carbocycles. The molecular weight excluding hydrogens is 827 g/mol. The summed E-state index contributed by atoms with van der Waals surface area (Å²) in [6, 6.07) is 84.7. The molecule has 0 radical (unpaired) electrons. The van der Waals surface area contributed by atoms with E-state index in [0.717, 1.165) is 55.3 Å². The highest BCUT2D eigenvalue weighted by Gasteiger charge is 2.24. The lowest BCUT2D eigenvalue weighted by Crippen LogP contribution is -2.01. The molecule has 68 heavy (non-hydrogen) atoms. The van der Waals surface area contributed by atoms with E-state index in [9.17, 15) is 0 Å². The van der Waals surface area contributed by atoms with Crippen molar-refractivity contribution in [3.63, 3.8) is 0 Å². The van der Waals surface area contributed by atoms with Crippen molar-refractivity contribution in [1.29, 1.82) is 0 Å². The molecule has 11 aromatic carbocycles. The molecule has 0 unspecified atom stereocenters. The molecule has 0 aliphatic heterocycles. The van der Waals surface area contributed by atoms with Gasteiger partial charge in [0.25, 0.3) is 0 Å². The molecular formula is C63H39N5. The van der Waals surface area contributed by atoms with Gasteiger partial charge in [-0.25, -0.2) is 15.0 Å². The summed E-state index contributed by atoms with van der Waals surface area (Å²) in [5.41, 5.74) is 11.9. The van der Waals surface area contributed by atoms with Crippen molar-refractivity contribution in [2.45, 2.75) is 0 Å². The average molecular weight is 866 g/mol. The monoisotopic (exact) mass is 865 g/mol. The predicted molar refractivity (Wildman–Crippen MR) is 283 cm³/mol. The van der Waals surface area contributed by atoms with E-state index < -0.39 is 0 Å². The van der Waals surface area contributed by atoms with Gasteiger partial charge in [-0.3, -0.25) is 0 Å². The summed E-state index contributed by atoms with van der Waals surface area (Å²) < 4.78 is 5.00. The van der Waals surface area contributed by atoms with E-state index in [0.29, 0.717) is 17.5 Å². The SMILES string of the molecule is c1ccc(-c2cccc(-c3nc(-c4ccccc4)nc(-c4ccc5cccc(-n6c7ccccc7c7c(-n8c9ccccc9c9c%10ccccc%10ccc98)c8ccccc8cc76)c5c4)n3)c2)cc1. The molecule has 14 rings (SSSR count). The number of hydrogen-bond acceptors (Lipinski definition) is 3. The number of nitrogens with zero attached hydrogens (tertiary/aromatic N) is 5. The molecule has 316 valence electrons. The van der Waals surface area contributed by atoms with Crippen LogP contribution in [0.3, 0.4) is 0 Å². The molecule has 0 amide bonds. The second-order valence-electron chi connectivity index (χ2n) is 17.6. The third-order valence-electron chi connectivity index (χ3n) is 13.7. The van der Waals surface area contributed by atoms with E-state index >= 15 is 0 Å². The second-order valence-corrected chi connectivity index (χ2v) is 17.6. The van der Waals surface area contributed by atoms with Gasteiger partial charge in [0.05, 0.1) is 33.4 Å². The minimum absolute atomic E-state index is 0.616. The summed E-state index contributed by atoms with van der Waals surface area (Å²) in [4.78, 5) is 15.5. The largest absolute Gasteiger partial charge is 0.309 e. The van der Waals surface area contributed by atoms with Gasteiger partial charge < -0.3 is 9.13 Å². The van der Waals surface area contributed by atoms with Gasteiger partial charge in [-0.2, -0.15) is 0 Å². The first kappa shape index (κ1) is 38.1. The number of rotatable bonds is 6. The number of benzene rings is 11. The van der Waals surface area contributed by atoms with E-state index in [-0.39, 0.29) is 0 Å². The molecule has 0 saturated carbocycles. The lowest BCUT2D eigenvalue weighted by molar-refractivity contribution is 1.07. The Morgan fingerprint density at radius 3 is 1.53 bits per heavy atom. The van der Waals surface area contributed by atoms with Crippen LogP contribution in [0.25, 0.3) is 133 Å². The molecule has 0 atom stereocenters. The normalized spacial score (nSPS) is 11.8. The fourth-order valence-electron chi connectivity index (χ4n) is 10.6. The predicted octanol–water partition coefficient (Wildman–Crippen LogP) is 16.2. The van der Waals surface area contributed by atoms with Gasteiger partial charge in [0.2, 0.25) is 0 Å². The lowest BCUT2D eigenvalue weighted by atomic mass is 10.0. The Kier molecular flexibility index (Phi) is 8.52. The Morgan fingerprint density at radius 1 is 0.250 bits per heavy atom. The second kappa shape index (κ2) is 15.2. The Balaban J connectivity index is 1.03. The van der Waals surface area contributed by atoms with Crippen LogP contribution in [0, 0.1) is 0 Å². The van der Waals surface area contributed by atoms with Gasteiger partial charge in [-0.15, -0.1) is 0 Å². The van der Waals surface area contributed by atoms with Crippen LogP contribution in [-0.4, -0.2) is 24.1 Å². The van der Waals surface area contributed by atoms with Gasteiger partial charge in [0.1, 0.15) is 0 Å². The van der Waals surface area contributed by atoms with Crippen molar-refractivity contribution in [3.05, 3.63) is 237 Å². The summed E-state index contributed by atoms with van der Waals surface area (Å²) in [6.07, 6.45) is 0. The summed E-state index contributed by atoms with van der Waals surface area (Å²) in [6.45, 7) is 0. The molecule has 0 N–H and O–H groups in total. The van der Waals surface area contributed by atoms with Crippen LogP contribution in [0.1, 0.15) is 0 Å². The molecule has 3 aromatic heterocycles. The molecule has 5 heteroatoms. The maximum atomic E-state index is 5.24. The average Bonchev–Trinajstić information content (AvgIpc) is 3.93. The molecule has 5 nitrogen and oxygen atoms in total.